The minimum Gasteiger partial charge on any atom is -0.398 e. The van der Waals surface area contributed by atoms with Gasteiger partial charge in [0.1, 0.15) is 0 Å². The van der Waals surface area contributed by atoms with E-state index in [-0.39, 0.29) is 10.8 Å². The molecular formula is C22H22ClN3O3S. The van der Waals surface area contributed by atoms with E-state index in [1.165, 1.54) is 12.1 Å². The third-order valence-corrected chi connectivity index (χ3v) is 5.81. The summed E-state index contributed by atoms with van der Waals surface area (Å²) in [6.45, 7) is 2.49. The number of hydrogen-bond donors (Lipinski definition) is 3. The number of amides is 1. The quantitative estimate of drug-likeness (QED) is 0.498. The SMILES string of the molecule is CCCNC(=O)c1cc(-c2ccc(Cl)cc2)cc(-c2ccc(S(N)(=O)=O)cc2)c1N. The number of hydrogen-bond acceptors (Lipinski definition) is 4. The third kappa shape index (κ3) is 4.81. The van der Waals surface area contributed by atoms with E-state index < -0.39 is 10.0 Å². The Morgan fingerprint density at radius 2 is 1.57 bits per heavy atom. The molecule has 1 amide bonds. The topological polar surface area (TPSA) is 115 Å². The number of nitrogen functional groups attached to an aromatic ring is 1. The van der Waals surface area contributed by atoms with Gasteiger partial charge in [0.15, 0.2) is 0 Å². The van der Waals surface area contributed by atoms with Crippen LogP contribution >= 0.6 is 11.6 Å². The van der Waals surface area contributed by atoms with Gasteiger partial charge in [-0.15, -0.1) is 0 Å². The second-order valence-electron chi connectivity index (χ2n) is 6.82. The lowest BCUT2D eigenvalue weighted by Gasteiger charge is -2.15. The summed E-state index contributed by atoms with van der Waals surface area (Å²) in [6, 6.07) is 16.9. The van der Waals surface area contributed by atoms with Crippen molar-refractivity contribution in [3.05, 3.63) is 71.2 Å². The molecule has 6 nitrogen and oxygen atoms in total. The number of primary sulfonamides is 1. The van der Waals surface area contributed by atoms with E-state index in [0.717, 1.165) is 17.5 Å². The molecule has 0 saturated carbocycles. The molecular weight excluding hydrogens is 422 g/mol. The lowest BCUT2D eigenvalue weighted by atomic mass is 9.93. The Morgan fingerprint density at radius 3 is 2.13 bits per heavy atom. The molecule has 0 heterocycles. The van der Waals surface area contributed by atoms with Gasteiger partial charge in [-0.1, -0.05) is 42.8 Å². The first-order valence-electron chi connectivity index (χ1n) is 9.31. The molecule has 30 heavy (non-hydrogen) atoms. The van der Waals surface area contributed by atoms with Gasteiger partial charge in [-0.2, -0.15) is 0 Å². The maximum absolute atomic E-state index is 12.7. The molecule has 0 aliphatic carbocycles. The highest BCUT2D eigenvalue weighted by Gasteiger charge is 2.17. The van der Waals surface area contributed by atoms with Crippen LogP contribution in [0.2, 0.25) is 5.02 Å². The number of carbonyl (C=O) groups is 1. The number of anilines is 1. The van der Waals surface area contributed by atoms with Crippen LogP contribution in [-0.2, 0) is 10.0 Å². The van der Waals surface area contributed by atoms with Crippen LogP contribution in [0.4, 0.5) is 5.69 Å². The van der Waals surface area contributed by atoms with Crippen molar-refractivity contribution in [3.63, 3.8) is 0 Å². The summed E-state index contributed by atoms with van der Waals surface area (Å²) in [7, 11) is -3.81. The second kappa shape index (κ2) is 8.87. The molecule has 0 bridgehead atoms. The second-order valence-corrected chi connectivity index (χ2v) is 8.82. The van der Waals surface area contributed by atoms with Gasteiger partial charge in [-0.05, 0) is 59.5 Å². The minimum absolute atomic E-state index is 0.000380. The lowest BCUT2D eigenvalue weighted by Crippen LogP contribution is -2.25. The molecule has 0 fully saturated rings. The van der Waals surface area contributed by atoms with E-state index in [4.69, 9.17) is 22.5 Å². The summed E-state index contributed by atoms with van der Waals surface area (Å²) in [5.74, 6) is -0.271. The summed E-state index contributed by atoms with van der Waals surface area (Å²) in [5.41, 5.74) is 9.95. The predicted molar refractivity (Wildman–Crippen MR) is 121 cm³/mol. The van der Waals surface area contributed by atoms with Gasteiger partial charge in [-0.3, -0.25) is 4.79 Å². The molecule has 3 aromatic carbocycles. The summed E-state index contributed by atoms with van der Waals surface area (Å²) in [6.07, 6.45) is 0.796. The summed E-state index contributed by atoms with van der Waals surface area (Å²) in [4.78, 5) is 12.7. The Morgan fingerprint density at radius 1 is 0.967 bits per heavy atom. The van der Waals surface area contributed by atoms with Crippen molar-refractivity contribution in [2.24, 2.45) is 5.14 Å². The van der Waals surface area contributed by atoms with E-state index in [9.17, 15) is 13.2 Å². The highest BCUT2D eigenvalue weighted by atomic mass is 35.5. The highest BCUT2D eigenvalue weighted by molar-refractivity contribution is 7.89. The maximum atomic E-state index is 12.7. The third-order valence-electron chi connectivity index (χ3n) is 4.63. The molecule has 0 aliphatic rings. The average Bonchev–Trinajstić information content (AvgIpc) is 2.72. The number of carbonyl (C=O) groups excluding carboxylic acids is 1. The number of benzene rings is 3. The molecule has 3 aromatic rings. The molecule has 5 N–H and O–H groups in total. The first-order valence-corrected chi connectivity index (χ1v) is 11.2. The van der Waals surface area contributed by atoms with Crippen LogP contribution in [0.1, 0.15) is 23.7 Å². The molecule has 8 heteroatoms. The largest absolute Gasteiger partial charge is 0.398 e. The van der Waals surface area contributed by atoms with E-state index >= 15 is 0 Å². The Labute approximate surface area is 180 Å². The van der Waals surface area contributed by atoms with Crippen LogP contribution in [0.25, 0.3) is 22.3 Å². The van der Waals surface area contributed by atoms with Crippen LogP contribution < -0.4 is 16.2 Å². The van der Waals surface area contributed by atoms with Crippen LogP contribution in [0.5, 0.6) is 0 Å². The highest BCUT2D eigenvalue weighted by Crippen LogP contribution is 2.35. The fourth-order valence-electron chi connectivity index (χ4n) is 3.05. The average molecular weight is 444 g/mol. The molecule has 0 atom stereocenters. The zero-order valence-corrected chi connectivity index (χ0v) is 17.9. The number of rotatable bonds is 6. The monoisotopic (exact) mass is 443 g/mol. The van der Waals surface area contributed by atoms with Crippen LogP contribution in [0.3, 0.4) is 0 Å². The van der Waals surface area contributed by atoms with E-state index in [1.807, 2.05) is 25.1 Å². The number of sulfonamides is 1. The summed E-state index contributed by atoms with van der Waals surface area (Å²) < 4.78 is 23.1. The fourth-order valence-corrected chi connectivity index (χ4v) is 3.69. The number of nitrogens with one attached hydrogen (secondary N) is 1. The number of halogens is 1. The van der Waals surface area contributed by atoms with Crippen molar-refractivity contribution in [1.82, 2.24) is 5.32 Å². The van der Waals surface area contributed by atoms with E-state index in [1.54, 1.807) is 30.3 Å². The normalized spacial score (nSPS) is 11.3. The van der Waals surface area contributed by atoms with Crippen LogP contribution in [0.15, 0.2) is 65.6 Å². The first kappa shape index (κ1) is 21.8. The molecule has 0 aromatic heterocycles. The molecule has 0 spiro atoms. The zero-order chi connectivity index (χ0) is 21.9. The zero-order valence-electron chi connectivity index (χ0n) is 16.4. The van der Waals surface area contributed by atoms with Crippen LogP contribution in [0, 0.1) is 0 Å². The summed E-state index contributed by atoms with van der Waals surface area (Å²) >= 11 is 6.00. The standard InChI is InChI=1S/C22H22ClN3O3S/c1-2-11-26-22(27)20-13-16(14-3-7-17(23)8-4-14)12-19(21(20)24)15-5-9-18(10-6-15)30(25,28)29/h3-10,12-13H,2,11,24H2,1H3,(H,26,27)(H2,25,28,29). The van der Waals surface area contributed by atoms with Crippen molar-refractivity contribution in [1.29, 1.82) is 0 Å². The Balaban J connectivity index is 2.16. The minimum atomic E-state index is -3.81. The Kier molecular flexibility index (Phi) is 6.45. The molecule has 0 saturated heterocycles. The Hall–Kier alpha value is -2.87. The van der Waals surface area contributed by atoms with Crippen molar-refractivity contribution in [3.8, 4) is 22.3 Å². The van der Waals surface area contributed by atoms with Crippen LogP contribution in [-0.4, -0.2) is 20.9 Å². The fraction of sp³-hybridized carbons (Fsp3) is 0.136. The van der Waals surface area contributed by atoms with Gasteiger partial charge < -0.3 is 11.1 Å². The maximum Gasteiger partial charge on any atom is 0.253 e. The molecule has 0 unspecified atom stereocenters. The van der Waals surface area contributed by atoms with Crippen molar-refractivity contribution >= 4 is 33.2 Å². The van der Waals surface area contributed by atoms with Gasteiger partial charge in [-0.25, -0.2) is 13.6 Å². The van der Waals surface area contributed by atoms with Gasteiger partial charge in [0, 0.05) is 17.1 Å². The lowest BCUT2D eigenvalue weighted by molar-refractivity contribution is 0.0954. The molecule has 156 valence electrons. The molecule has 3 rings (SSSR count). The van der Waals surface area contributed by atoms with Crippen molar-refractivity contribution in [2.75, 3.05) is 12.3 Å². The van der Waals surface area contributed by atoms with E-state index in [0.29, 0.717) is 33.9 Å². The van der Waals surface area contributed by atoms with E-state index in [2.05, 4.69) is 5.32 Å². The van der Waals surface area contributed by atoms with Crippen molar-refractivity contribution in [2.45, 2.75) is 18.2 Å². The van der Waals surface area contributed by atoms with Crippen molar-refractivity contribution < 1.29 is 13.2 Å². The summed E-state index contributed by atoms with van der Waals surface area (Å²) in [5, 5.41) is 8.64. The smallest absolute Gasteiger partial charge is 0.253 e. The number of nitrogens with two attached hydrogens (primary N) is 2. The van der Waals surface area contributed by atoms with Gasteiger partial charge in [0.05, 0.1) is 16.1 Å². The first-order chi connectivity index (χ1) is 14.2. The van der Waals surface area contributed by atoms with Gasteiger partial charge in [0.25, 0.3) is 5.91 Å². The Bertz CT molecular complexity index is 1180. The molecule has 0 radical (unpaired) electrons. The predicted octanol–water partition coefficient (Wildman–Crippen LogP) is 4.04. The molecule has 0 aliphatic heterocycles. The van der Waals surface area contributed by atoms with Gasteiger partial charge >= 0.3 is 0 Å². The van der Waals surface area contributed by atoms with Gasteiger partial charge in [0.2, 0.25) is 10.0 Å².